The minimum Gasteiger partial charge on any atom is -0.349 e. The Morgan fingerprint density at radius 1 is 1.42 bits per heavy atom. The molecule has 1 unspecified atom stereocenters. The predicted molar refractivity (Wildman–Crippen MR) is 82.2 cm³/mol. The van der Waals surface area contributed by atoms with Crippen LogP contribution >= 0.6 is 22.6 Å². The molecule has 0 radical (unpaired) electrons. The second kappa shape index (κ2) is 5.85. The fraction of sp³-hybridized carbons (Fsp3) is 0.462. The lowest BCUT2D eigenvalue weighted by Gasteiger charge is -2.28. The van der Waals surface area contributed by atoms with Gasteiger partial charge in [-0.25, -0.2) is 0 Å². The van der Waals surface area contributed by atoms with Gasteiger partial charge in [0.05, 0.1) is 10.5 Å². The molecule has 0 aliphatic rings. The van der Waals surface area contributed by atoms with E-state index in [1.807, 2.05) is 50.3 Å². The fourth-order valence-electron chi connectivity index (χ4n) is 1.29. The van der Waals surface area contributed by atoms with E-state index in [4.69, 9.17) is 0 Å². The number of nitro groups is 1. The molecular formula is C13H17IN2O3. The van der Waals surface area contributed by atoms with Crippen LogP contribution in [-0.4, -0.2) is 16.9 Å². The van der Waals surface area contributed by atoms with Crippen LogP contribution in [0, 0.1) is 19.1 Å². The minimum atomic E-state index is -0.500. The highest BCUT2D eigenvalue weighted by molar-refractivity contribution is 14.1. The Hall–Kier alpha value is -1.18. The number of rotatable bonds is 3. The van der Waals surface area contributed by atoms with Gasteiger partial charge in [0.15, 0.2) is 0 Å². The normalized spacial score (nSPS) is 12.9. The lowest BCUT2D eigenvalue weighted by Crippen LogP contribution is -2.41. The zero-order valence-corrected chi connectivity index (χ0v) is 13.5. The number of carbonyl (C=O) groups is 1. The SMILES string of the molecule is CC(NC(=O)c1cc([N+](=O)[O-])ccc1I)C(C)(C)C. The Morgan fingerprint density at radius 2 is 2.00 bits per heavy atom. The van der Waals surface area contributed by atoms with E-state index in [0.717, 1.165) is 0 Å². The number of hydrogen-bond acceptors (Lipinski definition) is 3. The Kier molecular flexibility index (Phi) is 4.89. The lowest BCUT2D eigenvalue weighted by atomic mass is 9.88. The summed E-state index contributed by atoms with van der Waals surface area (Å²) in [6.07, 6.45) is 0. The van der Waals surface area contributed by atoms with Gasteiger partial charge < -0.3 is 5.32 Å². The van der Waals surface area contributed by atoms with E-state index in [1.54, 1.807) is 6.07 Å². The number of non-ortho nitro benzene ring substituents is 1. The molecule has 19 heavy (non-hydrogen) atoms. The molecule has 104 valence electrons. The maximum Gasteiger partial charge on any atom is 0.270 e. The van der Waals surface area contributed by atoms with E-state index >= 15 is 0 Å². The second-order valence-corrected chi connectivity index (χ2v) is 6.64. The smallest absolute Gasteiger partial charge is 0.270 e. The van der Waals surface area contributed by atoms with Crippen LogP contribution in [0.25, 0.3) is 0 Å². The molecule has 0 aliphatic heterocycles. The largest absolute Gasteiger partial charge is 0.349 e. The maximum absolute atomic E-state index is 12.2. The predicted octanol–water partition coefficient (Wildman–Crippen LogP) is 3.36. The van der Waals surface area contributed by atoms with Crippen LogP contribution in [0.2, 0.25) is 0 Å². The molecule has 0 bridgehead atoms. The molecule has 1 amide bonds. The molecule has 1 rings (SSSR count). The highest BCUT2D eigenvalue weighted by Crippen LogP contribution is 2.22. The molecule has 0 heterocycles. The summed E-state index contributed by atoms with van der Waals surface area (Å²) >= 11 is 2.00. The molecule has 1 atom stereocenters. The molecule has 0 aliphatic carbocycles. The molecule has 0 spiro atoms. The summed E-state index contributed by atoms with van der Waals surface area (Å²) in [5.74, 6) is -0.282. The van der Waals surface area contributed by atoms with E-state index in [9.17, 15) is 14.9 Å². The Balaban J connectivity index is 3.00. The van der Waals surface area contributed by atoms with Crippen molar-refractivity contribution in [3.8, 4) is 0 Å². The van der Waals surface area contributed by atoms with Crippen molar-refractivity contribution in [1.82, 2.24) is 5.32 Å². The zero-order valence-electron chi connectivity index (χ0n) is 11.4. The van der Waals surface area contributed by atoms with Gasteiger partial charge in [-0.15, -0.1) is 0 Å². The summed E-state index contributed by atoms with van der Waals surface area (Å²) < 4.78 is 0.696. The number of carbonyl (C=O) groups excluding carboxylic acids is 1. The molecule has 0 aromatic heterocycles. The highest BCUT2D eigenvalue weighted by Gasteiger charge is 2.23. The van der Waals surface area contributed by atoms with Crippen molar-refractivity contribution in [3.63, 3.8) is 0 Å². The van der Waals surface area contributed by atoms with Crippen LogP contribution in [0.15, 0.2) is 18.2 Å². The van der Waals surface area contributed by atoms with Gasteiger partial charge in [0.25, 0.3) is 11.6 Å². The van der Waals surface area contributed by atoms with Gasteiger partial charge in [0.2, 0.25) is 0 Å². The van der Waals surface area contributed by atoms with Crippen LogP contribution in [-0.2, 0) is 0 Å². The van der Waals surface area contributed by atoms with E-state index < -0.39 is 4.92 Å². The minimum absolute atomic E-state index is 0.0323. The number of halogens is 1. The zero-order chi connectivity index (χ0) is 14.8. The number of amides is 1. The Bertz CT molecular complexity index is 509. The van der Waals surface area contributed by atoms with Crippen LogP contribution in [0.1, 0.15) is 38.1 Å². The average Bonchev–Trinajstić information content (AvgIpc) is 2.27. The molecule has 0 saturated heterocycles. The third-order valence-corrected chi connectivity index (χ3v) is 3.99. The molecule has 1 aromatic carbocycles. The quantitative estimate of drug-likeness (QED) is 0.500. The van der Waals surface area contributed by atoms with Gasteiger partial charge >= 0.3 is 0 Å². The number of nitrogens with zero attached hydrogens (tertiary/aromatic N) is 1. The fourth-order valence-corrected chi connectivity index (χ4v) is 1.87. The van der Waals surface area contributed by atoms with E-state index in [1.165, 1.54) is 12.1 Å². The Labute approximate surface area is 126 Å². The summed E-state index contributed by atoms with van der Waals surface area (Å²) in [6, 6.07) is 4.25. The summed E-state index contributed by atoms with van der Waals surface area (Å²) in [7, 11) is 0. The highest BCUT2D eigenvalue weighted by atomic mass is 127. The lowest BCUT2D eigenvalue weighted by molar-refractivity contribution is -0.384. The third-order valence-electron chi connectivity index (χ3n) is 3.05. The maximum atomic E-state index is 12.2. The van der Waals surface area contributed by atoms with Crippen molar-refractivity contribution < 1.29 is 9.72 Å². The van der Waals surface area contributed by atoms with E-state index in [2.05, 4.69) is 5.32 Å². The molecule has 6 heteroatoms. The van der Waals surface area contributed by atoms with Crippen LogP contribution in [0.3, 0.4) is 0 Å². The van der Waals surface area contributed by atoms with Gasteiger partial charge in [0, 0.05) is 21.7 Å². The first-order valence-electron chi connectivity index (χ1n) is 5.87. The molecule has 1 N–H and O–H groups in total. The van der Waals surface area contributed by atoms with Gasteiger partial charge in [-0.1, -0.05) is 20.8 Å². The first-order chi connectivity index (χ1) is 8.62. The third kappa shape index (κ3) is 4.15. The van der Waals surface area contributed by atoms with Crippen molar-refractivity contribution in [3.05, 3.63) is 37.4 Å². The molecule has 5 nitrogen and oxygen atoms in total. The number of hydrogen-bond donors (Lipinski definition) is 1. The van der Waals surface area contributed by atoms with Gasteiger partial charge in [-0.3, -0.25) is 14.9 Å². The topological polar surface area (TPSA) is 72.2 Å². The summed E-state index contributed by atoms with van der Waals surface area (Å²) in [4.78, 5) is 22.4. The molecular weight excluding hydrogens is 359 g/mol. The van der Waals surface area contributed by atoms with Crippen LogP contribution in [0.4, 0.5) is 5.69 Å². The molecule has 1 aromatic rings. The van der Waals surface area contributed by atoms with E-state index in [-0.39, 0.29) is 23.1 Å². The summed E-state index contributed by atoms with van der Waals surface area (Å²) in [5, 5.41) is 13.6. The summed E-state index contributed by atoms with van der Waals surface area (Å²) in [6.45, 7) is 7.99. The van der Waals surface area contributed by atoms with Crippen molar-refractivity contribution in [2.45, 2.75) is 33.7 Å². The summed E-state index contributed by atoms with van der Waals surface area (Å²) in [5.41, 5.74) is 0.196. The Morgan fingerprint density at radius 3 is 2.47 bits per heavy atom. The van der Waals surface area contributed by atoms with Crippen LogP contribution in [0.5, 0.6) is 0 Å². The number of benzene rings is 1. The second-order valence-electron chi connectivity index (χ2n) is 5.48. The van der Waals surface area contributed by atoms with Crippen molar-refractivity contribution in [2.24, 2.45) is 5.41 Å². The first kappa shape index (κ1) is 15.9. The van der Waals surface area contributed by atoms with E-state index in [0.29, 0.717) is 9.13 Å². The first-order valence-corrected chi connectivity index (χ1v) is 6.95. The van der Waals surface area contributed by atoms with Gasteiger partial charge in [-0.05, 0) is 41.0 Å². The average molecular weight is 376 g/mol. The van der Waals surface area contributed by atoms with Crippen molar-refractivity contribution >= 4 is 34.2 Å². The van der Waals surface area contributed by atoms with Crippen molar-refractivity contribution in [1.29, 1.82) is 0 Å². The monoisotopic (exact) mass is 376 g/mol. The van der Waals surface area contributed by atoms with Gasteiger partial charge in [0.1, 0.15) is 0 Å². The van der Waals surface area contributed by atoms with Crippen molar-refractivity contribution in [2.75, 3.05) is 0 Å². The molecule has 0 fully saturated rings. The van der Waals surface area contributed by atoms with Crippen LogP contribution < -0.4 is 5.32 Å². The molecule has 0 saturated carbocycles. The standard InChI is InChI=1S/C13H17IN2O3/c1-8(13(2,3)4)15-12(17)10-7-9(16(18)19)5-6-11(10)14/h5-8H,1-4H3,(H,15,17). The van der Waals surface area contributed by atoms with Gasteiger partial charge in [-0.2, -0.15) is 0 Å². The number of nitrogens with one attached hydrogen (secondary N) is 1. The number of nitro benzene ring substituents is 1.